The smallest absolute Gasteiger partial charge is 0.308 e. The Morgan fingerprint density at radius 2 is 1.87 bits per heavy atom. The number of hydrogen-bond acceptors (Lipinski definition) is 6. The lowest BCUT2D eigenvalue weighted by atomic mass is 9.77. The number of carboxylic acid groups (broad SMARTS) is 1. The van der Waals surface area contributed by atoms with Crippen LogP contribution in [0.25, 0.3) is 0 Å². The summed E-state index contributed by atoms with van der Waals surface area (Å²) in [6.07, 6.45) is 8.73. The Balaban J connectivity index is 1.97. The molecular weight excluding hydrogens is 484 g/mol. The third-order valence-corrected chi connectivity index (χ3v) is 7.75. The number of likely N-dealkylation sites (tertiary alicyclic amines) is 1. The number of benzene rings is 1. The number of nitrogens with zero attached hydrogens (tertiary/aromatic N) is 2. The maximum atomic E-state index is 13.6. The Labute approximate surface area is 227 Å². The Morgan fingerprint density at radius 1 is 1.18 bits per heavy atom. The zero-order chi connectivity index (χ0) is 27.9. The summed E-state index contributed by atoms with van der Waals surface area (Å²) in [4.78, 5) is 30.5. The van der Waals surface area contributed by atoms with Gasteiger partial charge in [-0.05, 0) is 49.3 Å². The van der Waals surface area contributed by atoms with Gasteiger partial charge in [-0.3, -0.25) is 14.5 Å². The van der Waals surface area contributed by atoms with E-state index in [0.29, 0.717) is 30.2 Å². The largest absolute Gasteiger partial charge is 0.493 e. The van der Waals surface area contributed by atoms with E-state index in [0.717, 1.165) is 44.3 Å². The van der Waals surface area contributed by atoms with E-state index in [2.05, 4.69) is 38.7 Å². The van der Waals surface area contributed by atoms with Crippen LogP contribution in [-0.4, -0.2) is 72.9 Å². The van der Waals surface area contributed by atoms with Crippen LogP contribution in [0.3, 0.4) is 0 Å². The van der Waals surface area contributed by atoms with E-state index >= 15 is 0 Å². The molecule has 3 rings (SSSR count). The molecule has 0 saturated carbocycles. The summed E-state index contributed by atoms with van der Waals surface area (Å²) in [7, 11) is 1.57. The van der Waals surface area contributed by atoms with E-state index in [-0.39, 0.29) is 36.6 Å². The van der Waals surface area contributed by atoms with Gasteiger partial charge in [-0.1, -0.05) is 52.7 Å². The number of methoxy groups -OCH3 is 1. The van der Waals surface area contributed by atoms with Gasteiger partial charge in [-0.2, -0.15) is 0 Å². The fourth-order valence-electron chi connectivity index (χ4n) is 5.84. The maximum absolute atomic E-state index is 13.6. The number of unbranched alkanes of at least 4 members (excludes halogenated alkanes) is 2. The molecule has 1 aromatic carbocycles. The number of allylic oxidation sites excluding steroid dienone is 2. The highest BCUT2D eigenvalue weighted by Crippen LogP contribution is 2.48. The van der Waals surface area contributed by atoms with Crippen molar-refractivity contribution in [2.45, 2.75) is 78.7 Å². The summed E-state index contributed by atoms with van der Waals surface area (Å²) < 4.78 is 16.8. The molecule has 2 heterocycles. The van der Waals surface area contributed by atoms with Gasteiger partial charge in [0.15, 0.2) is 11.5 Å². The fraction of sp³-hybridized carbons (Fsp3) is 0.667. The van der Waals surface area contributed by atoms with Crippen molar-refractivity contribution in [2.24, 2.45) is 11.3 Å². The molecular formula is C30H46N2O6. The van der Waals surface area contributed by atoms with Gasteiger partial charge in [-0.15, -0.1) is 0 Å². The standard InChI is InChI=1S/C30H46N2O6/c1-7-10-13-31(14-11-8-2)26(33)19-32-18-22(21-15-24(36-6)28-25(16-21)37-20-38-28)27(29(34)35)23(32)17-30(4,5)12-9-3/h9,12,15-16,22-23,27H,7-8,10-11,13-14,17-20H2,1-6H3,(H,34,35)/b12-9+/t22?,23-,27+/m1/s1. The first-order valence-electron chi connectivity index (χ1n) is 14.0. The minimum atomic E-state index is -0.850. The molecule has 0 aromatic heterocycles. The molecule has 2 aliphatic heterocycles. The van der Waals surface area contributed by atoms with E-state index in [9.17, 15) is 14.7 Å². The highest BCUT2D eigenvalue weighted by atomic mass is 16.7. The summed E-state index contributed by atoms with van der Waals surface area (Å²) in [6, 6.07) is 3.44. The van der Waals surface area contributed by atoms with Crippen molar-refractivity contribution in [1.29, 1.82) is 0 Å². The van der Waals surface area contributed by atoms with Crippen LogP contribution in [0.4, 0.5) is 0 Å². The minimum absolute atomic E-state index is 0.0776. The van der Waals surface area contributed by atoms with Gasteiger partial charge in [0.25, 0.3) is 0 Å². The molecule has 0 spiro atoms. The van der Waals surface area contributed by atoms with Crippen LogP contribution in [0.1, 0.15) is 78.2 Å². The normalized spacial score (nSPS) is 21.3. The van der Waals surface area contributed by atoms with Crippen LogP contribution >= 0.6 is 0 Å². The molecule has 8 nitrogen and oxygen atoms in total. The lowest BCUT2D eigenvalue weighted by Gasteiger charge is -2.34. The predicted molar refractivity (Wildman–Crippen MR) is 148 cm³/mol. The molecule has 1 fully saturated rings. The maximum Gasteiger partial charge on any atom is 0.308 e. The van der Waals surface area contributed by atoms with Crippen LogP contribution in [0.5, 0.6) is 17.2 Å². The second kappa shape index (κ2) is 13.4. The van der Waals surface area contributed by atoms with Crippen molar-refractivity contribution in [3.63, 3.8) is 0 Å². The van der Waals surface area contributed by atoms with Crippen molar-refractivity contribution >= 4 is 11.9 Å². The zero-order valence-corrected chi connectivity index (χ0v) is 24.0. The van der Waals surface area contributed by atoms with Gasteiger partial charge < -0.3 is 24.2 Å². The van der Waals surface area contributed by atoms with Gasteiger partial charge in [-0.25, -0.2) is 0 Å². The predicted octanol–water partition coefficient (Wildman–Crippen LogP) is 5.31. The molecule has 38 heavy (non-hydrogen) atoms. The molecule has 1 amide bonds. The lowest BCUT2D eigenvalue weighted by Crippen LogP contribution is -2.45. The summed E-state index contributed by atoms with van der Waals surface area (Å²) in [5.74, 6) is -0.141. The summed E-state index contributed by atoms with van der Waals surface area (Å²) in [6.45, 7) is 12.8. The highest BCUT2D eigenvalue weighted by Gasteiger charge is 2.49. The van der Waals surface area contributed by atoms with Crippen molar-refractivity contribution in [3.05, 3.63) is 29.8 Å². The minimum Gasteiger partial charge on any atom is -0.493 e. The summed E-state index contributed by atoms with van der Waals surface area (Å²) in [5, 5.41) is 10.5. The monoisotopic (exact) mass is 530 g/mol. The molecule has 212 valence electrons. The highest BCUT2D eigenvalue weighted by molar-refractivity contribution is 5.79. The van der Waals surface area contributed by atoms with E-state index < -0.39 is 11.9 Å². The van der Waals surface area contributed by atoms with E-state index in [1.807, 2.05) is 30.0 Å². The quantitative estimate of drug-likeness (QED) is 0.326. The average molecular weight is 531 g/mol. The number of carboxylic acids is 1. The van der Waals surface area contributed by atoms with E-state index in [4.69, 9.17) is 14.2 Å². The second-order valence-electron chi connectivity index (χ2n) is 11.2. The Hall–Kier alpha value is -2.74. The van der Waals surface area contributed by atoms with Gasteiger partial charge >= 0.3 is 5.97 Å². The molecule has 2 aliphatic rings. The molecule has 1 saturated heterocycles. The first-order chi connectivity index (χ1) is 18.1. The third kappa shape index (κ3) is 7.01. The van der Waals surface area contributed by atoms with Crippen LogP contribution in [0, 0.1) is 11.3 Å². The summed E-state index contributed by atoms with van der Waals surface area (Å²) >= 11 is 0. The number of fused-ring (bicyclic) bond motifs is 1. The lowest BCUT2D eigenvalue weighted by molar-refractivity contribution is -0.144. The summed E-state index contributed by atoms with van der Waals surface area (Å²) in [5.41, 5.74) is 0.607. The van der Waals surface area contributed by atoms with E-state index in [1.54, 1.807) is 7.11 Å². The number of carbonyl (C=O) groups is 2. The Morgan fingerprint density at radius 3 is 2.45 bits per heavy atom. The number of carbonyl (C=O) groups excluding carboxylic acids is 1. The molecule has 1 aromatic rings. The third-order valence-electron chi connectivity index (χ3n) is 7.75. The second-order valence-corrected chi connectivity index (χ2v) is 11.2. The van der Waals surface area contributed by atoms with E-state index in [1.165, 1.54) is 0 Å². The van der Waals surface area contributed by atoms with Gasteiger partial charge in [0.1, 0.15) is 0 Å². The van der Waals surface area contributed by atoms with Crippen molar-refractivity contribution < 1.29 is 28.9 Å². The average Bonchev–Trinajstić information content (AvgIpc) is 3.48. The number of hydrogen-bond donors (Lipinski definition) is 1. The first-order valence-corrected chi connectivity index (χ1v) is 14.0. The molecule has 1 unspecified atom stereocenters. The van der Waals surface area contributed by atoms with Gasteiger partial charge in [0.2, 0.25) is 18.4 Å². The number of ether oxygens (including phenoxy) is 3. The zero-order valence-electron chi connectivity index (χ0n) is 24.0. The Kier molecular flexibility index (Phi) is 10.5. The molecule has 0 radical (unpaired) electrons. The SMILES string of the molecule is C/C=C/C(C)(C)C[C@@H]1[C@@H](C(=O)O)C(c2cc(OC)c3c(c2)OCO3)CN1CC(=O)N(CCCC)CCCC. The van der Waals surface area contributed by atoms with Gasteiger partial charge in [0.05, 0.1) is 19.6 Å². The number of aliphatic carboxylic acids is 1. The Bertz CT molecular complexity index is 983. The topological polar surface area (TPSA) is 88.5 Å². The van der Waals surface area contributed by atoms with Crippen molar-refractivity contribution in [2.75, 3.05) is 40.1 Å². The van der Waals surface area contributed by atoms with Crippen molar-refractivity contribution in [1.82, 2.24) is 9.80 Å². The van der Waals surface area contributed by atoms with Gasteiger partial charge in [0, 0.05) is 31.6 Å². The molecule has 3 atom stereocenters. The molecule has 0 bridgehead atoms. The first kappa shape index (κ1) is 29.8. The molecule has 8 heteroatoms. The van der Waals surface area contributed by atoms with Crippen molar-refractivity contribution in [3.8, 4) is 17.2 Å². The number of amides is 1. The number of rotatable bonds is 14. The molecule has 1 N–H and O–H groups in total. The molecule has 0 aliphatic carbocycles. The van der Waals surface area contributed by atoms with Crippen LogP contribution < -0.4 is 14.2 Å². The fourth-order valence-corrected chi connectivity index (χ4v) is 5.84. The van der Waals surface area contributed by atoms with Crippen LogP contribution in [0.2, 0.25) is 0 Å². The van der Waals surface area contributed by atoms with Crippen LogP contribution in [0.15, 0.2) is 24.3 Å². The van der Waals surface area contributed by atoms with Crippen LogP contribution in [-0.2, 0) is 9.59 Å².